The van der Waals surface area contributed by atoms with Gasteiger partial charge in [0.15, 0.2) is 0 Å². The smallest absolute Gasteiger partial charge is 0.125 e. The molecule has 0 aromatic heterocycles. The number of halogens is 2. The zero-order valence-corrected chi connectivity index (χ0v) is 12.7. The molecule has 0 aliphatic heterocycles. The van der Waals surface area contributed by atoms with Gasteiger partial charge in [-0.2, -0.15) is 0 Å². The number of benzene rings is 1. The molecule has 0 saturated heterocycles. The van der Waals surface area contributed by atoms with Crippen molar-refractivity contribution < 1.29 is 9.47 Å². The van der Waals surface area contributed by atoms with Crippen molar-refractivity contribution in [3.05, 3.63) is 23.3 Å². The lowest BCUT2D eigenvalue weighted by Crippen LogP contribution is -2.00. The second-order valence-electron chi connectivity index (χ2n) is 3.36. The monoisotopic (exact) mass is 350 g/mol. The van der Waals surface area contributed by atoms with Crippen LogP contribution < -0.4 is 9.47 Å². The average Bonchev–Trinajstić information content (AvgIpc) is 2.29. The summed E-state index contributed by atoms with van der Waals surface area (Å²) < 4.78 is 10.8. The van der Waals surface area contributed by atoms with Gasteiger partial charge in [-0.3, -0.25) is 0 Å². The molecule has 0 aliphatic carbocycles. The fraction of sp³-hybridized carbons (Fsp3) is 0.500. The maximum Gasteiger partial charge on any atom is 0.125 e. The molecule has 0 bridgehead atoms. The quantitative estimate of drug-likeness (QED) is 0.729. The fourth-order valence-corrected chi connectivity index (χ4v) is 2.53. The molecule has 0 saturated carbocycles. The van der Waals surface area contributed by atoms with Crippen molar-refractivity contribution in [3.63, 3.8) is 0 Å². The first-order chi connectivity index (χ1) is 7.76. The van der Waals surface area contributed by atoms with E-state index < -0.39 is 0 Å². The van der Waals surface area contributed by atoms with Crippen LogP contribution in [0.2, 0.25) is 0 Å². The van der Waals surface area contributed by atoms with E-state index in [0.717, 1.165) is 35.0 Å². The summed E-state index contributed by atoms with van der Waals surface area (Å²) >= 11 is 6.91. The van der Waals surface area contributed by atoms with Crippen LogP contribution in [0.3, 0.4) is 0 Å². The van der Waals surface area contributed by atoms with Crippen molar-refractivity contribution in [2.75, 3.05) is 24.9 Å². The van der Waals surface area contributed by atoms with Gasteiger partial charge < -0.3 is 9.47 Å². The molecule has 0 N–H and O–H groups in total. The number of hydrogen-bond acceptors (Lipinski definition) is 2. The normalized spacial score (nSPS) is 10.2. The molecule has 1 aromatic rings. The summed E-state index contributed by atoms with van der Waals surface area (Å²) in [5, 5.41) is 1.84. The molecular formula is C12H16Br2O2. The van der Waals surface area contributed by atoms with Crippen LogP contribution in [0.4, 0.5) is 0 Å². The molecule has 4 heteroatoms. The van der Waals surface area contributed by atoms with Crippen LogP contribution in [-0.2, 0) is 12.8 Å². The number of hydrogen-bond donors (Lipinski definition) is 0. The number of aryl methyl sites for hydroxylation is 2. The highest BCUT2D eigenvalue weighted by Crippen LogP contribution is 2.30. The van der Waals surface area contributed by atoms with Crippen molar-refractivity contribution >= 4 is 31.9 Å². The topological polar surface area (TPSA) is 18.5 Å². The molecule has 0 amide bonds. The zero-order chi connectivity index (χ0) is 12.0. The van der Waals surface area contributed by atoms with E-state index in [4.69, 9.17) is 9.47 Å². The molecule has 90 valence electrons. The molecule has 0 heterocycles. The molecule has 16 heavy (non-hydrogen) atoms. The van der Waals surface area contributed by atoms with Gasteiger partial charge in [0, 0.05) is 10.7 Å². The van der Waals surface area contributed by atoms with Gasteiger partial charge in [-0.15, -0.1) is 0 Å². The molecule has 0 fully saturated rings. The van der Waals surface area contributed by atoms with Crippen LogP contribution in [-0.4, -0.2) is 24.9 Å². The summed E-state index contributed by atoms with van der Waals surface area (Å²) in [4.78, 5) is 0. The Morgan fingerprint density at radius 1 is 0.938 bits per heavy atom. The van der Waals surface area contributed by atoms with Gasteiger partial charge >= 0.3 is 0 Å². The lowest BCUT2D eigenvalue weighted by molar-refractivity contribution is 0.395. The Bertz CT molecular complexity index is 313. The fourth-order valence-electron chi connectivity index (χ4n) is 1.68. The average molecular weight is 352 g/mol. The first-order valence-corrected chi connectivity index (χ1v) is 7.36. The summed E-state index contributed by atoms with van der Waals surface area (Å²) in [5.41, 5.74) is 2.38. The Morgan fingerprint density at radius 2 is 1.44 bits per heavy atom. The van der Waals surface area contributed by atoms with Gasteiger partial charge in [0.1, 0.15) is 11.5 Å². The van der Waals surface area contributed by atoms with Crippen LogP contribution in [0.15, 0.2) is 12.1 Å². The highest BCUT2D eigenvalue weighted by molar-refractivity contribution is 9.09. The van der Waals surface area contributed by atoms with E-state index in [-0.39, 0.29) is 0 Å². The van der Waals surface area contributed by atoms with Crippen LogP contribution >= 0.6 is 31.9 Å². The Balaban J connectivity index is 3.16. The second-order valence-corrected chi connectivity index (χ2v) is 4.94. The number of methoxy groups -OCH3 is 2. The molecule has 0 unspecified atom stereocenters. The lowest BCUT2D eigenvalue weighted by atomic mass is 10.0. The number of rotatable bonds is 6. The van der Waals surface area contributed by atoms with Crippen molar-refractivity contribution in [1.29, 1.82) is 0 Å². The number of ether oxygens (including phenoxy) is 2. The van der Waals surface area contributed by atoms with Crippen molar-refractivity contribution in [2.45, 2.75) is 12.8 Å². The second kappa shape index (κ2) is 7.17. The summed E-state index contributed by atoms with van der Waals surface area (Å²) in [6, 6.07) is 4.08. The molecule has 0 atom stereocenters. The molecule has 0 aliphatic rings. The molecule has 1 rings (SSSR count). The standard InChI is InChI=1S/C12H16Br2O2/c1-15-11-7-9(3-5-13)12(16-2)10(8-11)4-6-14/h7-8H,3-6H2,1-2H3. The van der Waals surface area contributed by atoms with E-state index in [9.17, 15) is 0 Å². The third kappa shape index (κ3) is 3.39. The van der Waals surface area contributed by atoms with E-state index in [1.54, 1.807) is 14.2 Å². The Morgan fingerprint density at radius 3 is 1.75 bits per heavy atom. The molecule has 2 nitrogen and oxygen atoms in total. The summed E-state index contributed by atoms with van der Waals surface area (Å²) in [6.45, 7) is 0. The highest BCUT2D eigenvalue weighted by atomic mass is 79.9. The maximum absolute atomic E-state index is 5.48. The van der Waals surface area contributed by atoms with E-state index in [2.05, 4.69) is 31.9 Å². The van der Waals surface area contributed by atoms with Gasteiger partial charge in [-0.25, -0.2) is 0 Å². The van der Waals surface area contributed by atoms with Crippen LogP contribution in [0.5, 0.6) is 11.5 Å². The van der Waals surface area contributed by atoms with E-state index in [1.165, 1.54) is 11.1 Å². The molecule has 0 spiro atoms. The lowest BCUT2D eigenvalue weighted by Gasteiger charge is -2.14. The Kier molecular flexibility index (Phi) is 6.21. The van der Waals surface area contributed by atoms with Crippen LogP contribution in [0, 0.1) is 0 Å². The van der Waals surface area contributed by atoms with Crippen molar-refractivity contribution in [2.24, 2.45) is 0 Å². The predicted molar refractivity (Wildman–Crippen MR) is 74.5 cm³/mol. The minimum absolute atomic E-state index is 0.896. The molecule has 0 radical (unpaired) electrons. The minimum atomic E-state index is 0.896. The van der Waals surface area contributed by atoms with E-state index in [0.29, 0.717) is 0 Å². The van der Waals surface area contributed by atoms with Crippen molar-refractivity contribution in [3.8, 4) is 11.5 Å². The molecule has 1 aromatic carbocycles. The minimum Gasteiger partial charge on any atom is -0.497 e. The van der Waals surface area contributed by atoms with E-state index in [1.807, 2.05) is 12.1 Å². The zero-order valence-electron chi connectivity index (χ0n) is 9.56. The van der Waals surface area contributed by atoms with Gasteiger partial charge in [-0.05, 0) is 36.1 Å². The third-order valence-corrected chi connectivity index (χ3v) is 3.18. The first-order valence-electron chi connectivity index (χ1n) is 5.12. The van der Waals surface area contributed by atoms with Gasteiger partial charge in [0.25, 0.3) is 0 Å². The summed E-state index contributed by atoms with van der Waals surface area (Å²) in [7, 11) is 3.41. The predicted octanol–water partition coefficient (Wildman–Crippen LogP) is 3.58. The highest BCUT2D eigenvalue weighted by Gasteiger charge is 2.11. The van der Waals surface area contributed by atoms with Crippen molar-refractivity contribution in [1.82, 2.24) is 0 Å². The van der Waals surface area contributed by atoms with Crippen LogP contribution in [0.25, 0.3) is 0 Å². The Labute approximate surface area is 114 Å². The van der Waals surface area contributed by atoms with Gasteiger partial charge in [0.2, 0.25) is 0 Å². The maximum atomic E-state index is 5.48. The van der Waals surface area contributed by atoms with Gasteiger partial charge in [0.05, 0.1) is 14.2 Å². The third-order valence-electron chi connectivity index (χ3n) is 2.38. The SMILES string of the molecule is COc1cc(CCBr)c(OC)c(CCBr)c1. The van der Waals surface area contributed by atoms with E-state index >= 15 is 0 Å². The summed E-state index contributed by atoms with van der Waals surface area (Å²) in [5.74, 6) is 1.88. The van der Waals surface area contributed by atoms with Gasteiger partial charge in [-0.1, -0.05) is 31.9 Å². The number of alkyl halides is 2. The largest absolute Gasteiger partial charge is 0.497 e. The summed E-state index contributed by atoms with van der Waals surface area (Å²) in [6.07, 6.45) is 1.88. The Hall–Kier alpha value is -0.220. The first kappa shape index (κ1) is 13.8. The molecular weight excluding hydrogens is 336 g/mol. The van der Waals surface area contributed by atoms with Crippen LogP contribution in [0.1, 0.15) is 11.1 Å².